The minimum atomic E-state index is -0.663. The Bertz CT molecular complexity index is 656. The molecule has 1 aliphatic heterocycles. The maximum Gasteiger partial charge on any atom is 0.338 e. The molecule has 1 aromatic carbocycles. The maximum atomic E-state index is 12.0. The molecule has 1 heterocycles. The molecule has 0 bridgehead atoms. The number of hydrogen-bond acceptors (Lipinski definition) is 5. The van der Waals surface area contributed by atoms with E-state index in [1.807, 2.05) is 0 Å². The van der Waals surface area contributed by atoms with Crippen LogP contribution in [0.3, 0.4) is 0 Å². The first-order valence-corrected chi connectivity index (χ1v) is 7.36. The van der Waals surface area contributed by atoms with E-state index in [1.165, 1.54) is 12.1 Å². The zero-order chi connectivity index (χ0) is 17.2. The minimum absolute atomic E-state index is 0.174. The summed E-state index contributed by atoms with van der Waals surface area (Å²) in [5, 5.41) is 0. The Morgan fingerprint density at radius 1 is 1.13 bits per heavy atom. The fourth-order valence-electron chi connectivity index (χ4n) is 2.07. The van der Waals surface area contributed by atoms with Crippen LogP contribution in [0.4, 0.5) is 5.69 Å². The van der Waals surface area contributed by atoms with Crippen LogP contribution in [0, 0.1) is 5.41 Å². The molecule has 0 radical (unpaired) electrons. The second-order valence-corrected chi connectivity index (χ2v) is 6.42. The number of nitrogens with zero attached hydrogens (tertiary/aromatic N) is 1. The van der Waals surface area contributed by atoms with Gasteiger partial charge in [-0.2, -0.15) is 0 Å². The summed E-state index contributed by atoms with van der Waals surface area (Å²) in [6, 6.07) is 6.08. The third kappa shape index (κ3) is 3.83. The summed E-state index contributed by atoms with van der Waals surface area (Å²) in [6.07, 6.45) is 0.348. The van der Waals surface area contributed by atoms with Crippen LogP contribution in [0.2, 0.25) is 0 Å². The van der Waals surface area contributed by atoms with Gasteiger partial charge in [0.1, 0.15) is 0 Å². The minimum Gasteiger partial charge on any atom is -0.454 e. The molecule has 1 fully saturated rings. The Morgan fingerprint density at radius 2 is 1.74 bits per heavy atom. The van der Waals surface area contributed by atoms with Gasteiger partial charge >= 0.3 is 5.97 Å². The smallest absolute Gasteiger partial charge is 0.338 e. The van der Waals surface area contributed by atoms with Gasteiger partial charge < -0.3 is 4.74 Å². The van der Waals surface area contributed by atoms with E-state index in [2.05, 4.69) is 0 Å². The molecular weight excluding hydrogens is 298 g/mol. The molecule has 2 rings (SSSR count). The molecule has 6 heteroatoms. The molecule has 0 unspecified atom stereocenters. The van der Waals surface area contributed by atoms with Gasteiger partial charge in [0.05, 0.1) is 11.3 Å². The molecule has 0 aromatic heterocycles. The van der Waals surface area contributed by atoms with Gasteiger partial charge in [-0.15, -0.1) is 0 Å². The Kier molecular flexibility index (Phi) is 4.63. The summed E-state index contributed by atoms with van der Waals surface area (Å²) in [5.41, 5.74) is -0.0536. The summed E-state index contributed by atoms with van der Waals surface area (Å²) in [5.74, 6) is -1.43. The number of benzene rings is 1. The van der Waals surface area contributed by atoms with Gasteiger partial charge in [-0.25, -0.2) is 4.79 Å². The molecule has 0 spiro atoms. The van der Waals surface area contributed by atoms with Crippen LogP contribution in [0.1, 0.15) is 44.0 Å². The number of carbonyl (C=O) groups excluding carboxylic acids is 4. The number of anilines is 1. The monoisotopic (exact) mass is 317 g/mol. The lowest BCUT2D eigenvalue weighted by molar-refractivity contribution is -0.129. The second kappa shape index (κ2) is 6.32. The lowest BCUT2D eigenvalue weighted by Crippen LogP contribution is -2.29. The SMILES string of the molecule is CC(C)(C)C(=O)COC(=O)c1cccc(N2C(=O)CCC2=O)c1. The highest BCUT2D eigenvalue weighted by atomic mass is 16.5. The Labute approximate surface area is 134 Å². The molecule has 23 heavy (non-hydrogen) atoms. The normalized spacial score (nSPS) is 15.0. The van der Waals surface area contributed by atoms with Crippen molar-refractivity contribution in [3.63, 3.8) is 0 Å². The first kappa shape index (κ1) is 16.9. The average molecular weight is 317 g/mol. The van der Waals surface area contributed by atoms with Crippen molar-refractivity contribution in [1.82, 2.24) is 0 Å². The number of rotatable bonds is 4. The van der Waals surface area contributed by atoms with Crippen molar-refractivity contribution < 1.29 is 23.9 Å². The van der Waals surface area contributed by atoms with Gasteiger partial charge in [0.2, 0.25) is 11.8 Å². The lowest BCUT2D eigenvalue weighted by atomic mass is 9.91. The van der Waals surface area contributed by atoms with Gasteiger partial charge in [0, 0.05) is 18.3 Å². The molecule has 1 aliphatic rings. The van der Waals surface area contributed by atoms with Crippen molar-refractivity contribution in [3.8, 4) is 0 Å². The van der Waals surface area contributed by atoms with Crippen LogP contribution in [0.15, 0.2) is 24.3 Å². The molecule has 0 atom stereocenters. The molecule has 0 saturated carbocycles. The number of ketones is 1. The van der Waals surface area contributed by atoms with Crippen LogP contribution >= 0.6 is 0 Å². The summed E-state index contributed by atoms with van der Waals surface area (Å²) in [7, 11) is 0. The van der Waals surface area contributed by atoms with Crippen LogP contribution in [-0.2, 0) is 19.1 Å². The number of carbonyl (C=O) groups is 4. The zero-order valence-corrected chi connectivity index (χ0v) is 13.4. The number of ether oxygens (including phenoxy) is 1. The fourth-order valence-corrected chi connectivity index (χ4v) is 2.07. The molecule has 0 N–H and O–H groups in total. The fraction of sp³-hybridized carbons (Fsp3) is 0.412. The molecular formula is C17H19NO5. The zero-order valence-electron chi connectivity index (χ0n) is 13.4. The van der Waals surface area contributed by atoms with E-state index >= 15 is 0 Å². The van der Waals surface area contributed by atoms with E-state index in [4.69, 9.17) is 4.74 Å². The predicted octanol–water partition coefficient (Wildman–Crippen LogP) is 2.11. The van der Waals surface area contributed by atoms with Crippen molar-refractivity contribution in [2.24, 2.45) is 5.41 Å². The van der Waals surface area contributed by atoms with Gasteiger partial charge in [-0.05, 0) is 18.2 Å². The van der Waals surface area contributed by atoms with Gasteiger partial charge in [-0.3, -0.25) is 19.3 Å². The highest BCUT2D eigenvalue weighted by Crippen LogP contribution is 2.23. The topological polar surface area (TPSA) is 80.8 Å². The van der Waals surface area contributed by atoms with E-state index < -0.39 is 11.4 Å². The summed E-state index contributed by atoms with van der Waals surface area (Å²) >= 11 is 0. The standard InChI is InChI=1S/C17H19NO5/c1-17(2,3)13(19)10-23-16(22)11-5-4-6-12(9-11)18-14(20)7-8-15(18)21/h4-6,9H,7-8,10H2,1-3H3. The maximum absolute atomic E-state index is 12.0. The van der Waals surface area contributed by atoms with Crippen LogP contribution < -0.4 is 4.90 Å². The molecule has 1 aromatic rings. The lowest BCUT2D eigenvalue weighted by Gasteiger charge is -2.17. The van der Waals surface area contributed by atoms with Crippen molar-refractivity contribution in [2.75, 3.05) is 11.5 Å². The largest absolute Gasteiger partial charge is 0.454 e. The Morgan fingerprint density at radius 3 is 2.30 bits per heavy atom. The third-order valence-corrected chi connectivity index (χ3v) is 3.56. The second-order valence-electron chi connectivity index (χ2n) is 6.42. The summed E-state index contributed by atoms with van der Waals surface area (Å²) < 4.78 is 5.01. The van der Waals surface area contributed by atoms with Gasteiger partial charge in [0.15, 0.2) is 12.4 Å². The van der Waals surface area contributed by atoms with E-state index in [-0.39, 0.29) is 42.6 Å². The number of Topliss-reactive ketones (excluding diaryl/α,β-unsaturated/α-hetero) is 1. The quantitative estimate of drug-likeness (QED) is 0.627. The Hall–Kier alpha value is -2.50. The molecule has 0 aliphatic carbocycles. The highest BCUT2D eigenvalue weighted by molar-refractivity contribution is 6.20. The molecule has 2 amide bonds. The first-order valence-electron chi connectivity index (χ1n) is 7.36. The Balaban J connectivity index is 2.10. The number of imide groups is 1. The van der Waals surface area contributed by atoms with Gasteiger partial charge in [0.25, 0.3) is 0 Å². The van der Waals surface area contributed by atoms with Crippen molar-refractivity contribution in [1.29, 1.82) is 0 Å². The number of esters is 1. The van der Waals surface area contributed by atoms with E-state index in [0.717, 1.165) is 4.90 Å². The average Bonchev–Trinajstić information content (AvgIpc) is 2.82. The molecule has 6 nitrogen and oxygen atoms in total. The highest BCUT2D eigenvalue weighted by Gasteiger charge is 2.30. The first-order chi connectivity index (χ1) is 10.7. The van der Waals surface area contributed by atoms with Crippen molar-refractivity contribution >= 4 is 29.3 Å². The van der Waals surface area contributed by atoms with E-state index in [9.17, 15) is 19.2 Å². The van der Waals surface area contributed by atoms with E-state index in [1.54, 1.807) is 32.9 Å². The number of amides is 2. The predicted molar refractivity (Wildman–Crippen MR) is 82.9 cm³/mol. The van der Waals surface area contributed by atoms with Crippen LogP contribution in [0.25, 0.3) is 0 Å². The molecule has 122 valence electrons. The van der Waals surface area contributed by atoms with Crippen LogP contribution in [0.5, 0.6) is 0 Å². The molecule has 1 saturated heterocycles. The van der Waals surface area contributed by atoms with Crippen molar-refractivity contribution in [2.45, 2.75) is 33.6 Å². The third-order valence-electron chi connectivity index (χ3n) is 3.56. The summed E-state index contributed by atoms with van der Waals surface area (Å²) in [6.45, 7) is 4.92. The van der Waals surface area contributed by atoms with Gasteiger partial charge in [-0.1, -0.05) is 26.8 Å². The number of hydrogen-bond donors (Lipinski definition) is 0. The van der Waals surface area contributed by atoms with Crippen molar-refractivity contribution in [3.05, 3.63) is 29.8 Å². The van der Waals surface area contributed by atoms with Crippen LogP contribution in [-0.4, -0.2) is 30.2 Å². The van der Waals surface area contributed by atoms with E-state index in [0.29, 0.717) is 5.69 Å². The summed E-state index contributed by atoms with van der Waals surface area (Å²) in [4.78, 5) is 48.4.